The standard InChI is InChI=1S/C17H20S4/c1-9-5-13(18)15(20)7-11(9)17(3,4)12-8-16(21)14(19)6-10(12)2/h5-8,18-21H,1-4H3. The van der Waals surface area contributed by atoms with Crippen LogP contribution in [0.2, 0.25) is 0 Å². The average molecular weight is 353 g/mol. The summed E-state index contributed by atoms with van der Waals surface area (Å²) < 4.78 is 0. The minimum absolute atomic E-state index is 0.133. The van der Waals surface area contributed by atoms with Crippen LogP contribution in [0.3, 0.4) is 0 Å². The molecule has 0 spiro atoms. The Morgan fingerprint density at radius 3 is 1.24 bits per heavy atom. The summed E-state index contributed by atoms with van der Waals surface area (Å²) in [6, 6.07) is 8.39. The van der Waals surface area contributed by atoms with Gasteiger partial charge in [0.25, 0.3) is 0 Å². The highest BCUT2D eigenvalue weighted by atomic mass is 32.1. The van der Waals surface area contributed by atoms with Gasteiger partial charge in [-0.3, -0.25) is 0 Å². The lowest BCUT2D eigenvalue weighted by atomic mass is 9.74. The third-order valence-corrected chi connectivity index (χ3v) is 5.82. The molecule has 0 fully saturated rings. The highest BCUT2D eigenvalue weighted by Gasteiger charge is 2.27. The fourth-order valence-corrected chi connectivity index (χ4v) is 3.76. The van der Waals surface area contributed by atoms with Gasteiger partial charge in [-0.1, -0.05) is 13.8 Å². The Morgan fingerprint density at radius 2 is 0.905 bits per heavy atom. The summed E-state index contributed by atoms with van der Waals surface area (Å²) in [5.74, 6) is 0. The molecule has 112 valence electrons. The zero-order valence-electron chi connectivity index (χ0n) is 12.6. The summed E-state index contributed by atoms with van der Waals surface area (Å²) in [4.78, 5) is 3.63. The first-order valence-corrected chi connectivity index (χ1v) is 8.49. The van der Waals surface area contributed by atoms with Crippen LogP contribution in [0.5, 0.6) is 0 Å². The molecule has 21 heavy (non-hydrogen) atoms. The first kappa shape index (κ1) is 17.2. The Hall–Kier alpha value is -0.160. The largest absolute Gasteiger partial charge is 0.142 e. The first-order chi connectivity index (χ1) is 9.64. The molecule has 0 radical (unpaired) electrons. The predicted molar refractivity (Wildman–Crippen MR) is 103 cm³/mol. The fourth-order valence-electron chi connectivity index (χ4n) is 2.85. The van der Waals surface area contributed by atoms with Gasteiger partial charge >= 0.3 is 0 Å². The average Bonchev–Trinajstić information content (AvgIpc) is 2.37. The molecular formula is C17H20S4. The van der Waals surface area contributed by atoms with Crippen LogP contribution in [-0.4, -0.2) is 0 Å². The van der Waals surface area contributed by atoms with Gasteiger partial charge in [-0.15, -0.1) is 50.5 Å². The van der Waals surface area contributed by atoms with Gasteiger partial charge in [-0.05, 0) is 60.4 Å². The third-order valence-electron chi connectivity index (χ3n) is 3.99. The molecule has 2 rings (SSSR count). The highest BCUT2D eigenvalue weighted by Crippen LogP contribution is 2.39. The Bertz CT molecular complexity index is 643. The summed E-state index contributed by atoms with van der Waals surface area (Å²) in [5, 5.41) is 0. The van der Waals surface area contributed by atoms with Crippen LogP contribution in [-0.2, 0) is 5.41 Å². The van der Waals surface area contributed by atoms with Crippen LogP contribution in [0, 0.1) is 13.8 Å². The van der Waals surface area contributed by atoms with Gasteiger partial charge in [0.2, 0.25) is 0 Å². The van der Waals surface area contributed by atoms with E-state index in [0.29, 0.717) is 0 Å². The first-order valence-electron chi connectivity index (χ1n) is 6.70. The Kier molecular flexibility index (Phi) is 5.04. The minimum Gasteiger partial charge on any atom is -0.142 e. The normalized spacial score (nSPS) is 11.8. The van der Waals surface area contributed by atoms with Crippen LogP contribution in [0.25, 0.3) is 0 Å². The van der Waals surface area contributed by atoms with Gasteiger partial charge in [-0.25, -0.2) is 0 Å². The van der Waals surface area contributed by atoms with Crippen molar-refractivity contribution in [2.75, 3.05) is 0 Å². The molecule has 0 aliphatic rings. The molecule has 2 aromatic carbocycles. The predicted octanol–water partition coefficient (Wildman–Crippen LogP) is 5.78. The molecule has 0 unspecified atom stereocenters. The Labute approximate surface area is 149 Å². The number of benzene rings is 2. The molecule has 0 aliphatic heterocycles. The summed E-state index contributed by atoms with van der Waals surface area (Å²) >= 11 is 17.9. The van der Waals surface area contributed by atoms with Crippen LogP contribution < -0.4 is 0 Å². The van der Waals surface area contributed by atoms with E-state index in [4.69, 9.17) is 0 Å². The number of thiol groups is 4. The van der Waals surface area contributed by atoms with Crippen LogP contribution in [0.15, 0.2) is 43.8 Å². The summed E-state index contributed by atoms with van der Waals surface area (Å²) in [6.45, 7) is 8.70. The maximum absolute atomic E-state index is 4.52. The molecule has 0 bridgehead atoms. The quantitative estimate of drug-likeness (QED) is 0.484. The second-order valence-corrected chi connectivity index (χ2v) is 7.86. The molecule has 0 N–H and O–H groups in total. The van der Waals surface area contributed by atoms with Crippen LogP contribution in [0.1, 0.15) is 36.1 Å². The SMILES string of the molecule is Cc1cc(S)c(S)cc1C(C)(C)c1cc(S)c(S)cc1C. The molecule has 2 aromatic rings. The summed E-state index contributed by atoms with van der Waals surface area (Å²) in [6.07, 6.45) is 0. The van der Waals surface area contributed by atoms with E-state index in [1.807, 2.05) is 0 Å². The lowest BCUT2D eigenvalue weighted by Gasteiger charge is -2.30. The van der Waals surface area contributed by atoms with Crippen molar-refractivity contribution in [1.29, 1.82) is 0 Å². The van der Waals surface area contributed by atoms with Crippen molar-refractivity contribution >= 4 is 50.5 Å². The molecule has 0 nitrogen and oxygen atoms in total. The van der Waals surface area contributed by atoms with Gasteiger partial charge in [0, 0.05) is 25.0 Å². The van der Waals surface area contributed by atoms with Crippen LogP contribution >= 0.6 is 50.5 Å². The third kappa shape index (κ3) is 3.29. The monoisotopic (exact) mass is 352 g/mol. The highest BCUT2D eigenvalue weighted by molar-refractivity contribution is 7.83. The fraction of sp³-hybridized carbons (Fsp3) is 0.294. The molecule has 0 atom stereocenters. The smallest absolute Gasteiger partial charge is 0.0177 e. The second-order valence-electron chi connectivity index (χ2n) is 5.94. The van der Waals surface area contributed by atoms with Crippen molar-refractivity contribution in [3.8, 4) is 0 Å². The summed E-state index contributed by atoms with van der Waals surface area (Å²) in [5.41, 5.74) is 4.82. The van der Waals surface area contributed by atoms with Gasteiger partial charge < -0.3 is 0 Å². The lowest BCUT2D eigenvalue weighted by molar-refractivity contribution is 0.625. The zero-order valence-corrected chi connectivity index (χ0v) is 16.2. The topological polar surface area (TPSA) is 0 Å². The Balaban J connectivity index is 2.67. The lowest BCUT2D eigenvalue weighted by Crippen LogP contribution is -2.22. The van der Waals surface area contributed by atoms with E-state index in [-0.39, 0.29) is 5.41 Å². The second kappa shape index (κ2) is 6.15. The number of rotatable bonds is 2. The van der Waals surface area contributed by atoms with E-state index in [9.17, 15) is 0 Å². The molecule has 0 aromatic heterocycles. The molecule has 0 saturated heterocycles. The van der Waals surface area contributed by atoms with Crippen molar-refractivity contribution in [3.63, 3.8) is 0 Å². The van der Waals surface area contributed by atoms with Gasteiger partial charge in [-0.2, -0.15) is 0 Å². The molecule has 0 heterocycles. The zero-order chi connectivity index (χ0) is 15.9. The van der Waals surface area contributed by atoms with E-state index in [1.54, 1.807) is 0 Å². The minimum atomic E-state index is -0.133. The number of hydrogen-bond donors (Lipinski definition) is 4. The van der Waals surface area contributed by atoms with Gasteiger partial charge in [0.05, 0.1) is 0 Å². The molecule has 0 saturated carbocycles. The van der Waals surface area contributed by atoms with E-state index in [2.05, 4.69) is 102 Å². The molecule has 0 amide bonds. The van der Waals surface area contributed by atoms with Crippen molar-refractivity contribution in [1.82, 2.24) is 0 Å². The van der Waals surface area contributed by atoms with Gasteiger partial charge in [0.1, 0.15) is 0 Å². The van der Waals surface area contributed by atoms with Crippen molar-refractivity contribution in [2.45, 2.75) is 52.7 Å². The van der Waals surface area contributed by atoms with Gasteiger partial charge in [0.15, 0.2) is 0 Å². The molecular weight excluding hydrogens is 332 g/mol. The maximum atomic E-state index is 4.52. The van der Waals surface area contributed by atoms with Crippen LogP contribution in [0.4, 0.5) is 0 Å². The van der Waals surface area contributed by atoms with Crippen molar-refractivity contribution < 1.29 is 0 Å². The van der Waals surface area contributed by atoms with Crippen molar-refractivity contribution in [3.05, 3.63) is 46.5 Å². The number of aryl methyl sites for hydroxylation is 2. The number of hydrogen-bond acceptors (Lipinski definition) is 4. The maximum Gasteiger partial charge on any atom is 0.0177 e. The summed E-state index contributed by atoms with van der Waals surface area (Å²) in [7, 11) is 0. The van der Waals surface area contributed by atoms with E-state index in [1.165, 1.54) is 22.3 Å². The van der Waals surface area contributed by atoms with Crippen molar-refractivity contribution in [2.24, 2.45) is 0 Å². The molecule has 0 aliphatic carbocycles. The Morgan fingerprint density at radius 1 is 0.619 bits per heavy atom. The van der Waals surface area contributed by atoms with E-state index >= 15 is 0 Å². The van der Waals surface area contributed by atoms with E-state index < -0.39 is 0 Å². The molecule has 4 heteroatoms. The van der Waals surface area contributed by atoms with E-state index in [0.717, 1.165) is 19.6 Å².